The number of hydrogen-bond acceptors (Lipinski definition) is 19. The van der Waals surface area contributed by atoms with E-state index in [0.29, 0.717) is 0 Å². The molecule has 0 radical (unpaired) electrons. The summed E-state index contributed by atoms with van der Waals surface area (Å²) in [7, 11) is -19.3. The minimum absolute atomic E-state index is 0.0758. The summed E-state index contributed by atoms with van der Waals surface area (Å²) in [5.74, 6) is -2.37. The van der Waals surface area contributed by atoms with Crippen molar-refractivity contribution in [3.8, 4) is 0 Å². The van der Waals surface area contributed by atoms with Gasteiger partial charge in [-0.1, -0.05) is 6.42 Å². The molecule has 24 nitrogen and oxygen atoms in total. The third-order valence-corrected chi connectivity index (χ3v) is 9.70. The van der Waals surface area contributed by atoms with Crippen molar-refractivity contribution in [3.63, 3.8) is 0 Å². The van der Waals surface area contributed by atoms with Gasteiger partial charge < -0.3 is 45.1 Å². The van der Waals surface area contributed by atoms with Gasteiger partial charge in [0.05, 0.1) is 18.1 Å². The third kappa shape index (κ3) is 13.9. The van der Waals surface area contributed by atoms with Crippen LogP contribution in [0.15, 0.2) is 0 Å². The van der Waals surface area contributed by atoms with Crippen molar-refractivity contribution >= 4 is 46.9 Å². The smallest absolute Gasteiger partial charge is 0.397 e. The third-order valence-electron chi connectivity index (χ3n) is 6.47. The van der Waals surface area contributed by atoms with Crippen LogP contribution in [0, 0.1) is 0 Å². The number of sulfone groups is 1. The molecule has 10 atom stereocenters. The topological polar surface area (TPSA) is 389 Å². The molecule has 278 valence electrons. The van der Waals surface area contributed by atoms with Crippen LogP contribution in [0.3, 0.4) is 0 Å². The lowest BCUT2D eigenvalue weighted by atomic mass is 9.96. The molecule has 0 unspecified atom stereocenters. The predicted octanol–water partition coefficient (Wildman–Crippen LogP) is -5.68. The van der Waals surface area contributed by atoms with Crippen LogP contribution in [-0.2, 0) is 73.0 Å². The molecule has 0 bridgehead atoms. The number of aliphatic hydroxyl groups is 3. The van der Waals surface area contributed by atoms with E-state index in [1.165, 1.54) is 4.72 Å². The van der Waals surface area contributed by atoms with Gasteiger partial charge in [-0.15, -0.1) is 0 Å². The Morgan fingerprint density at radius 3 is 1.96 bits per heavy atom. The van der Waals surface area contributed by atoms with Crippen molar-refractivity contribution < 1.29 is 99.9 Å². The largest absolute Gasteiger partial charge is 0.479 e. The number of hydrogen-bond donors (Lipinski definition) is 9. The Balaban J connectivity index is 2.32. The first-order valence-corrected chi connectivity index (χ1v) is 19.2. The zero-order valence-corrected chi connectivity index (χ0v) is 27.2. The standard InChI is InChI=1S/C19H36N2O22S4/c20-4-7-44(27,28)6-3-1-2-5-38-19-15(43-47(35,36)37)13(24)14(16(42-19)17(25)26)41-18-10(21-45(29,30)31)12(23)11(22)9(40-18)8-39-46(32,33)34/h9-16,18-19,21-24H,1-8,20H2,(H,25,26)(H,29,30,31)(H,32,33,34)(H,35,36,37)/t9-,10-,11-,12-,13+,14+,15-,16-,18-,19-/m1/s1. The first-order chi connectivity index (χ1) is 21.4. The Kier molecular flexibility index (Phi) is 15.2. The average Bonchev–Trinajstić information content (AvgIpc) is 2.90. The summed E-state index contributed by atoms with van der Waals surface area (Å²) in [5.41, 5.74) is 5.23. The fraction of sp³-hybridized carbons (Fsp3) is 0.947. The zero-order valence-electron chi connectivity index (χ0n) is 23.9. The summed E-state index contributed by atoms with van der Waals surface area (Å²) >= 11 is 0. The van der Waals surface area contributed by atoms with E-state index in [1.807, 2.05) is 0 Å². The highest BCUT2D eigenvalue weighted by Gasteiger charge is 2.55. The summed E-state index contributed by atoms with van der Waals surface area (Å²) < 4.78 is 150. The maximum atomic E-state index is 12.1. The van der Waals surface area contributed by atoms with Crippen molar-refractivity contribution in [2.75, 3.05) is 31.3 Å². The summed E-state index contributed by atoms with van der Waals surface area (Å²) in [4.78, 5) is 12.1. The van der Waals surface area contributed by atoms with Gasteiger partial charge in [-0.05, 0) is 12.8 Å². The first kappa shape index (κ1) is 41.9. The summed E-state index contributed by atoms with van der Waals surface area (Å²) in [6.07, 6.45) is -20.1. The molecule has 10 N–H and O–H groups in total. The quantitative estimate of drug-likeness (QED) is 0.0436. The highest BCUT2D eigenvalue weighted by Crippen LogP contribution is 2.32. The summed E-state index contributed by atoms with van der Waals surface area (Å²) in [6, 6.07) is -2.26. The minimum Gasteiger partial charge on any atom is -0.479 e. The van der Waals surface area contributed by atoms with Gasteiger partial charge >= 0.3 is 37.1 Å². The molecule has 0 spiro atoms. The van der Waals surface area contributed by atoms with Crippen LogP contribution < -0.4 is 10.5 Å². The number of aliphatic hydroxyl groups excluding tert-OH is 3. The van der Waals surface area contributed by atoms with E-state index < -0.39 is 115 Å². The Morgan fingerprint density at radius 1 is 0.787 bits per heavy atom. The van der Waals surface area contributed by atoms with E-state index >= 15 is 0 Å². The summed E-state index contributed by atoms with van der Waals surface area (Å²) in [6.45, 7) is -1.69. The van der Waals surface area contributed by atoms with Crippen LogP contribution in [0.4, 0.5) is 0 Å². The average molecular weight is 773 g/mol. The van der Waals surface area contributed by atoms with Crippen LogP contribution in [0.2, 0.25) is 0 Å². The zero-order chi connectivity index (χ0) is 36.0. The molecule has 2 saturated heterocycles. The minimum atomic E-state index is -5.45. The summed E-state index contributed by atoms with van der Waals surface area (Å²) in [5, 5.41) is 41.6. The monoisotopic (exact) mass is 772 g/mol. The predicted molar refractivity (Wildman–Crippen MR) is 148 cm³/mol. The molecule has 0 aromatic rings. The molecule has 2 rings (SSSR count). The van der Waals surface area contributed by atoms with Crippen LogP contribution >= 0.6 is 0 Å². The van der Waals surface area contributed by atoms with Gasteiger partial charge in [-0.2, -0.15) is 30.0 Å². The van der Waals surface area contributed by atoms with E-state index in [2.05, 4.69) is 8.37 Å². The van der Waals surface area contributed by atoms with Crippen LogP contribution in [-0.4, -0.2) is 166 Å². The van der Waals surface area contributed by atoms with Crippen molar-refractivity contribution in [1.82, 2.24) is 4.72 Å². The van der Waals surface area contributed by atoms with E-state index in [4.69, 9.17) is 29.2 Å². The molecule has 0 aliphatic carbocycles. The molecule has 0 aromatic carbocycles. The molecule has 47 heavy (non-hydrogen) atoms. The van der Waals surface area contributed by atoms with Crippen LogP contribution in [0.5, 0.6) is 0 Å². The Labute approximate surface area is 268 Å². The highest BCUT2D eigenvalue weighted by molar-refractivity contribution is 7.91. The fourth-order valence-corrected chi connectivity index (χ4v) is 7.02. The maximum Gasteiger partial charge on any atom is 0.397 e. The second kappa shape index (κ2) is 17.1. The number of nitrogens with two attached hydrogens (primary N) is 1. The van der Waals surface area contributed by atoms with Gasteiger partial charge in [0.2, 0.25) is 0 Å². The highest BCUT2D eigenvalue weighted by atomic mass is 32.3. The lowest BCUT2D eigenvalue weighted by Crippen LogP contribution is -2.68. The Bertz CT molecular complexity index is 1470. The molecule has 2 fully saturated rings. The molecule has 2 heterocycles. The van der Waals surface area contributed by atoms with E-state index in [9.17, 15) is 68.0 Å². The van der Waals surface area contributed by atoms with Crippen molar-refractivity contribution in [2.24, 2.45) is 5.73 Å². The first-order valence-electron chi connectivity index (χ1n) is 13.2. The second-order valence-electron chi connectivity index (χ2n) is 10.1. The van der Waals surface area contributed by atoms with Crippen LogP contribution in [0.25, 0.3) is 0 Å². The lowest BCUT2D eigenvalue weighted by molar-refractivity contribution is -0.337. The number of carboxylic acids is 1. The second-order valence-corrected chi connectivity index (χ2v) is 15.7. The van der Waals surface area contributed by atoms with E-state index in [-0.39, 0.29) is 43.9 Å². The van der Waals surface area contributed by atoms with Gasteiger partial charge in [0.15, 0.2) is 34.6 Å². The normalized spacial score (nSPS) is 32.7. The van der Waals surface area contributed by atoms with Gasteiger partial charge in [-0.25, -0.2) is 21.6 Å². The number of carbonyl (C=O) groups is 1. The van der Waals surface area contributed by atoms with Crippen molar-refractivity contribution in [2.45, 2.75) is 80.6 Å². The molecule has 0 aromatic heterocycles. The number of ether oxygens (including phenoxy) is 4. The van der Waals surface area contributed by atoms with Gasteiger partial charge in [-0.3, -0.25) is 13.7 Å². The van der Waals surface area contributed by atoms with Crippen molar-refractivity contribution in [1.29, 1.82) is 0 Å². The fourth-order valence-electron chi connectivity index (χ4n) is 4.43. The van der Waals surface area contributed by atoms with E-state index in [1.54, 1.807) is 0 Å². The van der Waals surface area contributed by atoms with E-state index in [0.717, 1.165) is 0 Å². The molecule has 28 heteroatoms. The number of nitrogens with one attached hydrogen (secondary N) is 1. The number of carboxylic acid groups (broad SMARTS) is 1. The lowest BCUT2D eigenvalue weighted by Gasteiger charge is -2.46. The van der Waals surface area contributed by atoms with Gasteiger partial charge in [0.1, 0.15) is 36.6 Å². The van der Waals surface area contributed by atoms with Crippen LogP contribution in [0.1, 0.15) is 19.3 Å². The SMILES string of the molecule is NCCS(=O)(=O)CCCCCO[C@@H]1O[C@@H](C(=O)O)[C@@H](O[C@H]2O[C@H](COS(=O)(=O)O)[C@@H](O)[C@H](O)[C@H]2NS(=O)(=O)O)[C@H](O)[C@H]1OS(=O)(=O)O. The Morgan fingerprint density at radius 2 is 1.43 bits per heavy atom. The maximum absolute atomic E-state index is 12.1. The molecular formula is C19H36N2O22S4. The van der Waals surface area contributed by atoms with Gasteiger partial charge in [0, 0.05) is 13.2 Å². The van der Waals surface area contributed by atoms with Crippen molar-refractivity contribution in [3.05, 3.63) is 0 Å². The molecule has 0 saturated carbocycles. The number of rotatable bonds is 19. The Hall–Kier alpha value is -1.29. The number of unbranched alkanes of at least 4 members (excludes halogenated alkanes) is 2. The number of aliphatic carboxylic acids is 1. The molecular weight excluding hydrogens is 736 g/mol. The molecule has 2 aliphatic heterocycles. The van der Waals surface area contributed by atoms with Gasteiger partial charge in [0.25, 0.3) is 0 Å². The molecule has 2 aliphatic rings. The molecule has 0 amide bonds.